The van der Waals surface area contributed by atoms with Gasteiger partial charge in [-0.25, -0.2) is 4.98 Å². The summed E-state index contributed by atoms with van der Waals surface area (Å²) in [5, 5.41) is 12.3. The number of hydrogen-bond acceptors (Lipinski definition) is 4. The molecular formula is C10H18N2OS. The summed E-state index contributed by atoms with van der Waals surface area (Å²) in [5.74, 6) is 0. The molecule has 14 heavy (non-hydrogen) atoms. The summed E-state index contributed by atoms with van der Waals surface area (Å²) in [5.41, 5.74) is 2.96. The van der Waals surface area contributed by atoms with Crippen LogP contribution in [0.4, 0.5) is 0 Å². The lowest BCUT2D eigenvalue weighted by atomic mass is 10.0. The quantitative estimate of drug-likeness (QED) is 0.784. The van der Waals surface area contributed by atoms with Gasteiger partial charge in [-0.2, -0.15) is 0 Å². The second-order valence-electron chi connectivity index (χ2n) is 4.07. The second kappa shape index (κ2) is 4.87. The van der Waals surface area contributed by atoms with Gasteiger partial charge in [0.15, 0.2) is 0 Å². The van der Waals surface area contributed by atoms with Crippen LogP contribution in [0.15, 0.2) is 5.51 Å². The van der Waals surface area contributed by atoms with Crippen molar-refractivity contribution in [1.29, 1.82) is 0 Å². The average molecular weight is 214 g/mol. The molecule has 0 bridgehead atoms. The normalized spacial score (nSPS) is 12.0. The SMILES string of the molecule is Cc1ncsc1CNC(C)(C)CCO. The van der Waals surface area contributed by atoms with Gasteiger partial charge in [0.05, 0.1) is 11.2 Å². The molecule has 1 aromatic heterocycles. The van der Waals surface area contributed by atoms with Gasteiger partial charge in [-0.15, -0.1) is 11.3 Å². The van der Waals surface area contributed by atoms with E-state index in [9.17, 15) is 0 Å². The molecule has 0 saturated carbocycles. The molecule has 0 amide bonds. The average Bonchev–Trinajstić information content (AvgIpc) is 2.48. The minimum absolute atomic E-state index is 0.00875. The number of aliphatic hydroxyl groups is 1. The van der Waals surface area contributed by atoms with E-state index in [1.54, 1.807) is 11.3 Å². The van der Waals surface area contributed by atoms with Crippen molar-refractivity contribution in [2.75, 3.05) is 6.61 Å². The van der Waals surface area contributed by atoms with Crippen LogP contribution in [0.2, 0.25) is 0 Å². The fourth-order valence-corrected chi connectivity index (χ4v) is 1.90. The van der Waals surface area contributed by atoms with Crippen molar-refractivity contribution in [3.8, 4) is 0 Å². The highest BCUT2D eigenvalue weighted by Crippen LogP contribution is 2.14. The standard InChI is InChI=1S/C10H18N2OS/c1-8-9(14-7-11-8)6-12-10(2,3)4-5-13/h7,12-13H,4-6H2,1-3H3. The lowest BCUT2D eigenvalue weighted by molar-refractivity contribution is 0.230. The third kappa shape index (κ3) is 3.36. The molecule has 0 aliphatic carbocycles. The molecule has 80 valence electrons. The molecule has 1 heterocycles. The highest BCUT2D eigenvalue weighted by Gasteiger charge is 2.16. The van der Waals surface area contributed by atoms with E-state index in [0.29, 0.717) is 0 Å². The van der Waals surface area contributed by atoms with Crippen LogP contribution >= 0.6 is 11.3 Å². The van der Waals surface area contributed by atoms with Gasteiger partial charge in [-0.3, -0.25) is 0 Å². The highest BCUT2D eigenvalue weighted by molar-refractivity contribution is 7.09. The smallest absolute Gasteiger partial charge is 0.0798 e. The van der Waals surface area contributed by atoms with Crippen molar-refractivity contribution >= 4 is 11.3 Å². The largest absolute Gasteiger partial charge is 0.396 e. The lowest BCUT2D eigenvalue weighted by Gasteiger charge is -2.25. The zero-order chi connectivity index (χ0) is 10.6. The first kappa shape index (κ1) is 11.6. The van der Waals surface area contributed by atoms with Crippen LogP contribution in [0, 0.1) is 6.92 Å². The Morgan fingerprint density at radius 2 is 2.29 bits per heavy atom. The van der Waals surface area contributed by atoms with Crippen molar-refractivity contribution in [3.05, 3.63) is 16.1 Å². The predicted molar refractivity (Wildman–Crippen MR) is 59.5 cm³/mol. The maximum Gasteiger partial charge on any atom is 0.0798 e. The molecule has 4 heteroatoms. The Labute approximate surface area is 89.2 Å². The van der Waals surface area contributed by atoms with Gasteiger partial charge in [-0.05, 0) is 27.2 Å². The highest BCUT2D eigenvalue weighted by atomic mass is 32.1. The van der Waals surface area contributed by atoms with Gasteiger partial charge in [0.1, 0.15) is 0 Å². The van der Waals surface area contributed by atoms with Crippen LogP contribution < -0.4 is 5.32 Å². The summed E-state index contributed by atoms with van der Waals surface area (Å²) in [6.45, 7) is 7.27. The van der Waals surface area contributed by atoms with Crippen molar-refractivity contribution in [2.45, 2.75) is 39.3 Å². The lowest BCUT2D eigenvalue weighted by Crippen LogP contribution is -2.39. The molecule has 0 unspecified atom stereocenters. The first-order valence-electron chi connectivity index (χ1n) is 4.80. The van der Waals surface area contributed by atoms with Gasteiger partial charge in [-0.1, -0.05) is 0 Å². The van der Waals surface area contributed by atoms with Gasteiger partial charge < -0.3 is 10.4 Å². The Hall–Kier alpha value is -0.450. The van der Waals surface area contributed by atoms with Gasteiger partial charge in [0.2, 0.25) is 0 Å². The number of aromatic nitrogens is 1. The first-order chi connectivity index (χ1) is 6.55. The van der Waals surface area contributed by atoms with E-state index in [-0.39, 0.29) is 12.1 Å². The topological polar surface area (TPSA) is 45.2 Å². The Morgan fingerprint density at radius 1 is 1.57 bits per heavy atom. The molecule has 0 aliphatic rings. The molecular weight excluding hydrogens is 196 g/mol. The number of hydrogen-bond donors (Lipinski definition) is 2. The third-order valence-corrected chi connectivity index (χ3v) is 3.24. The number of aryl methyl sites for hydroxylation is 1. The van der Waals surface area contributed by atoms with E-state index in [2.05, 4.69) is 24.1 Å². The molecule has 0 atom stereocenters. The van der Waals surface area contributed by atoms with E-state index in [0.717, 1.165) is 18.7 Å². The first-order valence-corrected chi connectivity index (χ1v) is 5.68. The maximum absolute atomic E-state index is 8.86. The minimum atomic E-state index is -0.00875. The molecule has 0 saturated heterocycles. The van der Waals surface area contributed by atoms with Crippen LogP contribution in [0.3, 0.4) is 0 Å². The molecule has 1 aromatic rings. The van der Waals surface area contributed by atoms with Crippen LogP contribution in [0.25, 0.3) is 0 Å². The van der Waals surface area contributed by atoms with Gasteiger partial charge in [0.25, 0.3) is 0 Å². The molecule has 1 rings (SSSR count). The van der Waals surface area contributed by atoms with Crippen LogP contribution in [-0.4, -0.2) is 22.2 Å². The van der Waals surface area contributed by atoms with E-state index < -0.39 is 0 Å². The van der Waals surface area contributed by atoms with Crippen molar-refractivity contribution in [3.63, 3.8) is 0 Å². The Balaban J connectivity index is 2.44. The molecule has 0 aliphatic heterocycles. The Bertz CT molecular complexity index is 283. The summed E-state index contributed by atoms with van der Waals surface area (Å²) >= 11 is 1.67. The fraction of sp³-hybridized carbons (Fsp3) is 0.700. The van der Waals surface area contributed by atoms with Crippen molar-refractivity contribution in [1.82, 2.24) is 10.3 Å². The fourth-order valence-electron chi connectivity index (χ4n) is 1.18. The summed E-state index contributed by atoms with van der Waals surface area (Å²) in [7, 11) is 0. The number of thiazole rings is 1. The van der Waals surface area contributed by atoms with E-state index >= 15 is 0 Å². The number of nitrogens with zero attached hydrogens (tertiary/aromatic N) is 1. The number of aliphatic hydroxyl groups excluding tert-OH is 1. The minimum Gasteiger partial charge on any atom is -0.396 e. The summed E-state index contributed by atoms with van der Waals surface area (Å²) in [4.78, 5) is 5.47. The van der Waals surface area contributed by atoms with Crippen LogP contribution in [0.1, 0.15) is 30.8 Å². The summed E-state index contributed by atoms with van der Waals surface area (Å²) in [6, 6.07) is 0. The number of rotatable bonds is 5. The summed E-state index contributed by atoms with van der Waals surface area (Å²) < 4.78 is 0. The maximum atomic E-state index is 8.86. The predicted octanol–water partition coefficient (Wildman–Crippen LogP) is 1.70. The molecule has 0 fully saturated rings. The van der Waals surface area contributed by atoms with Crippen molar-refractivity contribution in [2.24, 2.45) is 0 Å². The summed E-state index contributed by atoms with van der Waals surface area (Å²) in [6.07, 6.45) is 0.769. The molecule has 3 nitrogen and oxygen atoms in total. The molecule has 2 N–H and O–H groups in total. The van der Waals surface area contributed by atoms with Gasteiger partial charge in [0, 0.05) is 23.6 Å². The molecule has 0 radical (unpaired) electrons. The van der Waals surface area contributed by atoms with Crippen LogP contribution in [-0.2, 0) is 6.54 Å². The second-order valence-corrected chi connectivity index (χ2v) is 5.01. The third-order valence-electron chi connectivity index (χ3n) is 2.31. The Morgan fingerprint density at radius 3 is 2.79 bits per heavy atom. The number of nitrogens with one attached hydrogen (secondary N) is 1. The van der Waals surface area contributed by atoms with E-state index in [1.165, 1.54) is 4.88 Å². The molecule has 0 spiro atoms. The monoisotopic (exact) mass is 214 g/mol. The van der Waals surface area contributed by atoms with E-state index in [4.69, 9.17) is 5.11 Å². The zero-order valence-corrected chi connectivity index (χ0v) is 9.82. The molecule has 0 aromatic carbocycles. The van der Waals surface area contributed by atoms with Crippen LogP contribution in [0.5, 0.6) is 0 Å². The van der Waals surface area contributed by atoms with Gasteiger partial charge >= 0.3 is 0 Å². The Kier molecular flexibility index (Phi) is 4.04. The van der Waals surface area contributed by atoms with E-state index in [1.807, 2.05) is 12.4 Å². The zero-order valence-electron chi connectivity index (χ0n) is 9.00. The van der Waals surface area contributed by atoms with Crippen molar-refractivity contribution < 1.29 is 5.11 Å².